The Morgan fingerprint density at radius 2 is 1.96 bits per heavy atom. The van der Waals surface area contributed by atoms with Crippen LogP contribution in [0.15, 0.2) is 43.0 Å². The second-order valence-electron chi connectivity index (χ2n) is 6.72. The number of morpholine rings is 1. The molecule has 25 heavy (non-hydrogen) atoms. The number of carbonyl (C=O) groups excluding carboxylic acids is 1. The van der Waals surface area contributed by atoms with Gasteiger partial charge in [-0.2, -0.15) is 0 Å². The molecule has 0 bridgehead atoms. The molecule has 1 aromatic carbocycles. The van der Waals surface area contributed by atoms with Crippen LogP contribution in [0.3, 0.4) is 0 Å². The van der Waals surface area contributed by atoms with E-state index in [2.05, 4.69) is 41.5 Å². The number of amides is 1. The van der Waals surface area contributed by atoms with Crippen molar-refractivity contribution in [2.75, 3.05) is 19.6 Å². The Morgan fingerprint density at radius 1 is 1.28 bits per heavy atom. The van der Waals surface area contributed by atoms with Crippen LogP contribution in [0.4, 0.5) is 0 Å². The molecule has 3 atom stereocenters. The summed E-state index contributed by atoms with van der Waals surface area (Å²) in [5, 5.41) is 3.33. The first kappa shape index (κ1) is 17.6. The van der Waals surface area contributed by atoms with Crippen LogP contribution in [-0.4, -0.2) is 52.2 Å². The van der Waals surface area contributed by atoms with E-state index < -0.39 is 0 Å². The van der Waals surface area contributed by atoms with E-state index in [9.17, 15) is 4.79 Å². The minimum absolute atomic E-state index is 0.0980. The van der Waals surface area contributed by atoms with Crippen LogP contribution in [0.1, 0.15) is 32.4 Å². The predicted molar refractivity (Wildman–Crippen MR) is 96.6 cm³/mol. The van der Waals surface area contributed by atoms with Gasteiger partial charge in [0.2, 0.25) is 5.91 Å². The van der Waals surface area contributed by atoms with Crippen LogP contribution in [0.5, 0.6) is 0 Å². The van der Waals surface area contributed by atoms with Crippen molar-refractivity contribution in [2.24, 2.45) is 0 Å². The molecule has 0 spiro atoms. The highest BCUT2D eigenvalue weighted by Gasteiger charge is 2.25. The topological polar surface area (TPSA) is 59.4 Å². The van der Waals surface area contributed by atoms with E-state index in [-0.39, 0.29) is 24.2 Å². The zero-order valence-corrected chi connectivity index (χ0v) is 15.1. The molecule has 0 saturated carbocycles. The maximum Gasteiger partial charge on any atom is 0.236 e. The molecule has 0 radical (unpaired) electrons. The van der Waals surface area contributed by atoms with E-state index >= 15 is 0 Å². The number of hydrogen-bond acceptors (Lipinski definition) is 4. The molecule has 1 aliphatic rings. The molecule has 6 heteroatoms. The highest BCUT2D eigenvalue weighted by atomic mass is 16.5. The molecule has 134 valence electrons. The van der Waals surface area contributed by atoms with Crippen molar-refractivity contribution >= 4 is 5.91 Å². The number of benzene rings is 1. The lowest BCUT2D eigenvalue weighted by Crippen LogP contribution is -2.50. The second-order valence-corrected chi connectivity index (χ2v) is 6.72. The van der Waals surface area contributed by atoms with Crippen LogP contribution in [0.2, 0.25) is 0 Å². The van der Waals surface area contributed by atoms with Crippen LogP contribution in [0, 0.1) is 0 Å². The van der Waals surface area contributed by atoms with Crippen molar-refractivity contribution in [1.82, 2.24) is 19.8 Å². The van der Waals surface area contributed by atoms with Gasteiger partial charge in [-0.1, -0.05) is 12.1 Å². The van der Waals surface area contributed by atoms with E-state index in [0.29, 0.717) is 19.6 Å². The number of aromatic nitrogens is 2. The molecule has 1 fully saturated rings. The normalized spacial score (nSPS) is 22.0. The van der Waals surface area contributed by atoms with Gasteiger partial charge in [0.15, 0.2) is 0 Å². The smallest absolute Gasteiger partial charge is 0.236 e. The Kier molecular flexibility index (Phi) is 5.50. The van der Waals surface area contributed by atoms with E-state index in [1.807, 2.05) is 29.5 Å². The summed E-state index contributed by atoms with van der Waals surface area (Å²) in [5.41, 5.74) is 2.22. The quantitative estimate of drug-likeness (QED) is 0.905. The number of carbonyl (C=O) groups is 1. The highest BCUT2D eigenvalue weighted by molar-refractivity contribution is 5.78. The molecule has 3 rings (SSSR count). The van der Waals surface area contributed by atoms with Crippen LogP contribution < -0.4 is 5.32 Å². The van der Waals surface area contributed by atoms with E-state index in [1.165, 1.54) is 0 Å². The van der Waals surface area contributed by atoms with Crippen molar-refractivity contribution in [2.45, 2.75) is 39.0 Å². The second kappa shape index (κ2) is 7.80. The van der Waals surface area contributed by atoms with E-state index in [0.717, 1.165) is 11.3 Å². The molecular weight excluding hydrogens is 316 g/mol. The molecule has 1 saturated heterocycles. The molecule has 0 aliphatic carbocycles. The lowest BCUT2D eigenvalue weighted by molar-refractivity contribution is -0.142. The number of nitrogens with zero attached hydrogens (tertiary/aromatic N) is 3. The fraction of sp³-hybridized carbons (Fsp3) is 0.474. The third kappa shape index (κ3) is 4.46. The molecule has 1 amide bonds. The Hall–Kier alpha value is -2.18. The van der Waals surface area contributed by atoms with Crippen LogP contribution in [0.25, 0.3) is 5.69 Å². The van der Waals surface area contributed by atoms with Crippen molar-refractivity contribution in [3.8, 4) is 5.69 Å². The molecule has 1 N–H and O–H groups in total. The zero-order valence-electron chi connectivity index (χ0n) is 15.1. The maximum atomic E-state index is 12.4. The van der Waals surface area contributed by atoms with Crippen molar-refractivity contribution in [3.63, 3.8) is 0 Å². The van der Waals surface area contributed by atoms with Crippen molar-refractivity contribution in [1.29, 1.82) is 0 Å². The SMILES string of the molecule is CC1CN(C(=O)CNC(C)c2ccc(-n3ccnc3)cc2)CC(C)O1. The highest BCUT2D eigenvalue weighted by Crippen LogP contribution is 2.16. The number of nitrogens with one attached hydrogen (secondary N) is 1. The lowest BCUT2D eigenvalue weighted by atomic mass is 10.1. The fourth-order valence-corrected chi connectivity index (χ4v) is 3.20. The first-order chi connectivity index (χ1) is 12.0. The summed E-state index contributed by atoms with van der Waals surface area (Å²) in [6.07, 6.45) is 5.65. The van der Waals surface area contributed by atoms with Gasteiger partial charge in [0.1, 0.15) is 0 Å². The number of hydrogen-bond donors (Lipinski definition) is 1. The number of ether oxygens (including phenoxy) is 1. The Morgan fingerprint density at radius 3 is 2.56 bits per heavy atom. The van der Waals surface area contributed by atoms with Gasteiger partial charge in [-0.3, -0.25) is 4.79 Å². The molecule has 1 aromatic heterocycles. The summed E-state index contributed by atoms with van der Waals surface area (Å²) in [7, 11) is 0. The largest absolute Gasteiger partial charge is 0.372 e. The summed E-state index contributed by atoms with van der Waals surface area (Å²) in [6, 6.07) is 8.38. The Labute approximate surface area is 148 Å². The average Bonchev–Trinajstić information content (AvgIpc) is 3.13. The van der Waals surface area contributed by atoms with Crippen molar-refractivity contribution < 1.29 is 9.53 Å². The third-order valence-corrected chi connectivity index (χ3v) is 4.53. The predicted octanol–water partition coefficient (Wildman–Crippen LogP) is 2.16. The van der Waals surface area contributed by atoms with E-state index in [1.54, 1.807) is 12.5 Å². The average molecular weight is 342 g/mol. The fourth-order valence-electron chi connectivity index (χ4n) is 3.20. The van der Waals surface area contributed by atoms with Gasteiger partial charge in [-0.05, 0) is 38.5 Å². The summed E-state index contributed by atoms with van der Waals surface area (Å²) in [5.74, 6) is 0.129. The van der Waals surface area contributed by atoms with Crippen LogP contribution in [-0.2, 0) is 9.53 Å². The Bertz CT molecular complexity index is 674. The molecule has 3 unspecified atom stereocenters. The summed E-state index contributed by atoms with van der Waals surface area (Å²) in [6.45, 7) is 7.76. The number of imidazole rings is 1. The van der Waals surface area contributed by atoms with Gasteiger partial charge in [0, 0.05) is 37.2 Å². The molecule has 1 aliphatic heterocycles. The minimum atomic E-state index is 0.0980. The maximum absolute atomic E-state index is 12.4. The standard InChI is InChI=1S/C19H26N4O2/c1-14-11-23(12-15(2)25-14)19(24)10-21-16(3)17-4-6-18(7-5-17)22-9-8-20-13-22/h4-9,13-16,21H,10-12H2,1-3H3. The minimum Gasteiger partial charge on any atom is -0.372 e. The molecule has 2 heterocycles. The molecular formula is C19H26N4O2. The van der Waals surface area contributed by atoms with Gasteiger partial charge in [-0.15, -0.1) is 0 Å². The van der Waals surface area contributed by atoms with Gasteiger partial charge >= 0.3 is 0 Å². The zero-order chi connectivity index (χ0) is 17.8. The first-order valence-electron chi connectivity index (χ1n) is 8.78. The van der Waals surface area contributed by atoms with Gasteiger partial charge in [0.25, 0.3) is 0 Å². The molecule has 2 aromatic rings. The monoisotopic (exact) mass is 342 g/mol. The first-order valence-corrected chi connectivity index (χ1v) is 8.78. The van der Waals surface area contributed by atoms with Crippen molar-refractivity contribution in [3.05, 3.63) is 48.5 Å². The lowest BCUT2D eigenvalue weighted by Gasteiger charge is -2.35. The molecule has 6 nitrogen and oxygen atoms in total. The van der Waals surface area contributed by atoms with Gasteiger partial charge < -0.3 is 19.5 Å². The Balaban J connectivity index is 1.53. The summed E-state index contributed by atoms with van der Waals surface area (Å²) < 4.78 is 7.65. The van der Waals surface area contributed by atoms with E-state index in [4.69, 9.17) is 4.74 Å². The van der Waals surface area contributed by atoms with Gasteiger partial charge in [0.05, 0.1) is 25.1 Å². The summed E-state index contributed by atoms with van der Waals surface area (Å²) >= 11 is 0. The third-order valence-electron chi connectivity index (χ3n) is 4.53. The van der Waals surface area contributed by atoms with Crippen LogP contribution >= 0.6 is 0 Å². The summed E-state index contributed by atoms with van der Waals surface area (Å²) in [4.78, 5) is 18.4. The number of rotatable bonds is 5. The van der Waals surface area contributed by atoms with Gasteiger partial charge in [-0.25, -0.2) is 4.98 Å².